The Balaban J connectivity index is 1.55. The summed E-state index contributed by atoms with van der Waals surface area (Å²) in [6.07, 6.45) is 4.59. The number of nitrogens with zero attached hydrogens (tertiary/aromatic N) is 1. The van der Waals surface area contributed by atoms with Crippen molar-refractivity contribution in [1.29, 1.82) is 0 Å². The van der Waals surface area contributed by atoms with Gasteiger partial charge in [0.25, 0.3) is 0 Å². The Kier molecular flexibility index (Phi) is 4.34. The molecule has 0 unspecified atom stereocenters. The van der Waals surface area contributed by atoms with E-state index in [0.717, 1.165) is 5.56 Å². The summed E-state index contributed by atoms with van der Waals surface area (Å²) in [4.78, 5) is 16.6. The van der Waals surface area contributed by atoms with Gasteiger partial charge < -0.3 is 14.2 Å². The number of hydrogen-bond acceptors (Lipinski definition) is 4. The van der Waals surface area contributed by atoms with E-state index < -0.39 is 0 Å². The second-order valence-corrected chi connectivity index (χ2v) is 6.34. The number of fused-ring (bicyclic) bond motifs is 1. The molecule has 4 aromatic rings. The topological polar surface area (TPSA) is 68.3 Å². The summed E-state index contributed by atoms with van der Waals surface area (Å²) in [7, 11) is 0. The van der Waals surface area contributed by atoms with E-state index in [1.807, 2.05) is 6.07 Å². The number of aryl methyl sites for hydroxylation is 2. The molecule has 1 N–H and O–H groups in total. The van der Waals surface area contributed by atoms with Gasteiger partial charge in [0.15, 0.2) is 5.58 Å². The van der Waals surface area contributed by atoms with Crippen molar-refractivity contribution in [2.24, 2.45) is 0 Å². The minimum absolute atomic E-state index is 0.247. The normalized spacial score (nSPS) is 11.3. The maximum absolute atomic E-state index is 12.1. The van der Waals surface area contributed by atoms with E-state index in [4.69, 9.17) is 8.83 Å². The van der Waals surface area contributed by atoms with Crippen molar-refractivity contribution in [2.75, 3.05) is 5.32 Å². The van der Waals surface area contributed by atoms with Crippen LogP contribution in [0.15, 0.2) is 69.7 Å². The summed E-state index contributed by atoms with van der Waals surface area (Å²) in [5.74, 6) is 0.938. The van der Waals surface area contributed by atoms with Crippen molar-refractivity contribution in [3.05, 3.63) is 77.8 Å². The Labute approximate surface area is 156 Å². The molecule has 0 atom stereocenters. The fourth-order valence-electron chi connectivity index (χ4n) is 2.73. The first kappa shape index (κ1) is 16.8. The van der Waals surface area contributed by atoms with Crippen LogP contribution in [-0.4, -0.2) is 10.9 Å². The number of rotatable bonds is 4. The molecule has 0 radical (unpaired) electrons. The SMILES string of the molecule is Cc1ccc(-c2nc3cc(NC(=O)C=Cc4ccco4)ccc3o2)cc1C. The molecule has 1 amide bonds. The molecule has 0 saturated carbocycles. The first-order valence-corrected chi connectivity index (χ1v) is 8.59. The predicted octanol–water partition coefficient (Wildman–Crippen LogP) is 5.36. The van der Waals surface area contributed by atoms with E-state index in [1.54, 1.807) is 42.7 Å². The molecule has 4 rings (SSSR count). The summed E-state index contributed by atoms with van der Waals surface area (Å²) in [6.45, 7) is 4.13. The van der Waals surface area contributed by atoms with E-state index in [-0.39, 0.29) is 5.91 Å². The van der Waals surface area contributed by atoms with Gasteiger partial charge in [0.2, 0.25) is 11.8 Å². The lowest BCUT2D eigenvalue weighted by Gasteiger charge is -2.01. The lowest BCUT2D eigenvalue weighted by molar-refractivity contribution is -0.111. The highest BCUT2D eigenvalue weighted by molar-refractivity contribution is 6.02. The van der Waals surface area contributed by atoms with E-state index >= 15 is 0 Å². The third-order valence-corrected chi connectivity index (χ3v) is 4.35. The number of aromatic nitrogens is 1. The van der Waals surface area contributed by atoms with Crippen molar-refractivity contribution < 1.29 is 13.6 Å². The molecular weight excluding hydrogens is 340 g/mol. The van der Waals surface area contributed by atoms with Crippen molar-refractivity contribution in [3.8, 4) is 11.5 Å². The van der Waals surface area contributed by atoms with Gasteiger partial charge in [0, 0.05) is 17.3 Å². The van der Waals surface area contributed by atoms with Gasteiger partial charge in [-0.3, -0.25) is 4.79 Å². The largest absolute Gasteiger partial charge is 0.465 e. The third-order valence-electron chi connectivity index (χ3n) is 4.35. The second-order valence-electron chi connectivity index (χ2n) is 6.34. The maximum atomic E-state index is 12.1. The van der Waals surface area contributed by atoms with Crippen LogP contribution in [0, 0.1) is 13.8 Å². The van der Waals surface area contributed by atoms with Crippen molar-refractivity contribution in [1.82, 2.24) is 4.98 Å². The highest BCUT2D eigenvalue weighted by Gasteiger charge is 2.10. The molecule has 5 nitrogen and oxygen atoms in total. The molecule has 0 aliphatic rings. The maximum Gasteiger partial charge on any atom is 0.248 e. The number of carbonyl (C=O) groups excluding carboxylic acids is 1. The van der Waals surface area contributed by atoms with Gasteiger partial charge in [-0.15, -0.1) is 0 Å². The Morgan fingerprint density at radius 2 is 1.96 bits per heavy atom. The van der Waals surface area contributed by atoms with Gasteiger partial charge in [0.1, 0.15) is 11.3 Å². The number of benzene rings is 2. The number of carbonyl (C=O) groups is 1. The van der Waals surface area contributed by atoms with Crippen LogP contribution in [0.2, 0.25) is 0 Å². The number of oxazole rings is 1. The summed E-state index contributed by atoms with van der Waals surface area (Å²) >= 11 is 0. The van der Waals surface area contributed by atoms with E-state index in [9.17, 15) is 4.79 Å². The first-order chi connectivity index (χ1) is 13.1. The smallest absolute Gasteiger partial charge is 0.248 e. The first-order valence-electron chi connectivity index (χ1n) is 8.59. The zero-order valence-electron chi connectivity index (χ0n) is 15.0. The zero-order valence-corrected chi connectivity index (χ0v) is 15.0. The molecule has 0 saturated heterocycles. The highest BCUT2D eigenvalue weighted by atomic mass is 16.3. The van der Waals surface area contributed by atoms with Crippen molar-refractivity contribution >= 4 is 28.8 Å². The van der Waals surface area contributed by atoms with Gasteiger partial charge in [-0.1, -0.05) is 6.07 Å². The summed E-state index contributed by atoms with van der Waals surface area (Å²) in [5.41, 5.74) is 5.36. The van der Waals surface area contributed by atoms with Crippen LogP contribution in [0.1, 0.15) is 16.9 Å². The van der Waals surface area contributed by atoms with Crippen LogP contribution in [0.25, 0.3) is 28.6 Å². The fraction of sp³-hybridized carbons (Fsp3) is 0.0909. The predicted molar refractivity (Wildman–Crippen MR) is 105 cm³/mol. The van der Waals surface area contributed by atoms with Gasteiger partial charge in [-0.2, -0.15) is 0 Å². The number of amides is 1. The monoisotopic (exact) mass is 358 g/mol. The minimum atomic E-state index is -0.247. The molecule has 0 aliphatic carbocycles. The number of nitrogens with one attached hydrogen (secondary N) is 1. The van der Waals surface area contributed by atoms with Crippen LogP contribution in [-0.2, 0) is 4.79 Å². The van der Waals surface area contributed by atoms with Crippen LogP contribution >= 0.6 is 0 Å². The zero-order chi connectivity index (χ0) is 18.8. The molecule has 27 heavy (non-hydrogen) atoms. The lowest BCUT2D eigenvalue weighted by Crippen LogP contribution is -2.07. The van der Waals surface area contributed by atoms with Gasteiger partial charge in [-0.25, -0.2) is 4.98 Å². The molecule has 2 aromatic heterocycles. The Hall–Kier alpha value is -3.60. The molecule has 2 heterocycles. The average Bonchev–Trinajstić information content (AvgIpc) is 3.31. The van der Waals surface area contributed by atoms with Gasteiger partial charge in [-0.05, 0) is 73.5 Å². The van der Waals surface area contributed by atoms with E-state index in [1.165, 1.54) is 17.2 Å². The van der Waals surface area contributed by atoms with Crippen LogP contribution in [0.3, 0.4) is 0 Å². The third kappa shape index (κ3) is 3.67. The molecule has 0 bridgehead atoms. The number of furan rings is 1. The number of hydrogen-bond donors (Lipinski definition) is 1. The molecule has 134 valence electrons. The highest BCUT2D eigenvalue weighted by Crippen LogP contribution is 2.27. The second kappa shape index (κ2) is 6.96. The Morgan fingerprint density at radius 3 is 2.74 bits per heavy atom. The van der Waals surface area contributed by atoms with Crippen molar-refractivity contribution in [3.63, 3.8) is 0 Å². The Bertz CT molecular complexity index is 1140. The van der Waals surface area contributed by atoms with E-state index in [2.05, 4.69) is 36.3 Å². The molecule has 0 spiro atoms. The Morgan fingerprint density at radius 1 is 1.07 bits per heavy atom. The van der Waals surface area contributed by atoms with Crippen LogP contribution in [0.5, 0.6) is 0 Å². The molecule has 0 fully saturated rings. The summed E-state index contributed by atoms with van der Waals surface area (Å²) in [5, 5.41) is 2.81. The van der Waals surface area contributed by atoms with Crippen LogP contribution in [0.4, 0.5) is 5.69 Å². The molecule has 0 aliphatic heterocycles. The summed E-state index contributed by atoms with van der Waals surface area (Å²) in [6, 6.07) is 15.0. The lowest BCUT2D eigenvalue weighted by atomic mass is 10.1. The van der Waals surface area contributed by atoms with Gasteiger partial charge in [0.05, 0.1) is 6.26 Å². The number of anilines is 1. The average molecular weight is 358 g/mol. The van der Waals surface area contributed by atoms with E-state index in [0.29, 0.717) is 28.4 Å². The molecule has 2 aromatic carbocycles. The van der Waals surface area contributed by atoms with Gasteiger partial charge >= 0.3 is 0 Å². The van der Waals surface area contributed by atoms with Crippen molar-refractivity contribution in [2.45, 2.75) is 13.8 Å². The minimum Gasteiger partial charge on any atom is -0.465 e. The molecular formula is C22H18N2O3. The standard InChI is InChI=1S/C22H18N2O3/c1-14-5-6-16(12-15(14)2)22-24-19-13-17(7-9-20(19)27-22)23-21(25)10-8-18-4-3-11-26-18/h3-13H,1-2H3,(H,23,25). The quantitative estimate of drug-likeness (QED) is 0.499. The molecule has 5 heteroatoms. The summed E-state index contributed by atoms with van der Waals surface area (Å²) < 4.78 is 11.0. The fourth-order valence-corrected chi connectivity index (χ4v) is 2.73. The van der Waals surface area contributed by atoms with Crippen LogP contribution < -0.4 is 5.32 Å².